The molecule has 1 N–H and O–H groups in total. The van der Waals surface area contributed by atoms with E-state index in [1.165, 1.54) is 5.56 Å². The summed E-state index contributed by atoms with van der Waals surface area (Å²) in [5.74, 6) is -0.744. The Kier molecular flexibility index (Phi) is 3.22. The minimum absolute atomic E-state index is 0.201. The summed E-state index contributed by atoms with van der Waals surface area (Å²) in [5.41, 5.74) is 3.13. The van der Waals surface area contributed by atoms with Crippen molar-refractivity contribution in [2.75, 3.05) is 13.1 Å². The molecule has 20 heavy (non-hydrogen) atoms. The van der Waals surface area contributed by atoms with E-state index in [2.05, 4.69) is 23.0 Å². The number of aryl methyl sites for hydroxylation is 1. The Balaban J connectivity index is 1.75. The van der Waals surface area contributed by atoms with E-state index in [4.69, 9.17) is 5.11 Å². The quantitative estimate of drug-likeness (QED) is 0.926. The van der Waals surface area contributed by atoms with Crippen LogP contribution in [0.3, 0.4) is 0 Å². The number of hydrogen-bond donors (Lipinski definition) is 1. The highest BCUT2D eigenvalue weighted by molar-refractivity contribution is 5.71. The van der Waals surface area contributed by atoms with Crippen LogP contribution < -0.4 is 0 Å². The van der Waals surface area contributed by atoms with Gasteiger partial charge in [0.25, 0.3) is 0 Å². The third-order valence-electron chi connectivity index (χ3n) is 4.04. The highest BCUT2D eigenvalue weighted by atomic mass is 16.4. The largest absolute Gasteiger partial charge is 0.481 e. The molecular formula is C15H19N3O2. The van der Waals surface area contributed by atoms with Gasteiger partial charge in [0.2, 0.25) is 0 Å². The third-order valence-corrected chi connectivity index (χ3v) is 4.04. The maximum Gasteiger partial charge on any atom is 0.308 e. The van der Waals surface area contributed by atoms with Gasteiger partial charge in [-0.25, -0.2) is 4.98 Å². The molecule has 0 amide bonds. The monoisotopic (exact) mass is 273 g/mol. The lowest BCUT2D eigenvalue weighted by Crippen LogP contribution is -2.23. The van der Waals surface area contributed by atoms with Crippen LogP contribution in [0, 0.1) is 18.8 Å². The predicted octanol–water partition coefficient (Wildman–Crippen LogP) is 1.80. The number of aliphatic carboxylic acids is 1. The van der Waals surface area contributed by atoms with Gasteiger partial charge in [0.05, 0.1) is 11.6 Å². The molecule has 1 aliphatic rings. The predicted molar refractivity (Wildman–Crippen MR) is 75.5 cm³/mol. The van der Waals surface area contributed by atoms with Gasteiger partial charge >= 0.3 is 5.97 Å². The zero-order valence-electron chi connectivity index (χ0n) is 11.8. The summed E-state index contributed by atoms with van der Waals surface area (Å²) in [5, 5.41) is 9.17. The van der Waals surface area contributed by atoms with Gasteiger partial charge in [0.1, 0.15) is 5.65 Å². The maximum absolute atomic E-state index is 11.1. The second-order valence-corrected chi connectivity index (χ2v) is 5.82. The first-order valence-electron chi connectivity index (χ1n) is 6.92. The van der Waals surface area contributed by atoms with E-state index >= 15 is 0 Å². The van der Waals surface area contributed by atoms with Crippen LogP contribution in [-0.4, -0.2) is 38.4 Å². The fourth-order valence-electron chi connectivity index (χ4n) is 2.98. The van der Waals surface area contributed by atoms with Gasteiger partial charge < -0.3 is 9.51 Å². The standard InChI is InChI=1S/C15H19N3O2/c1-10-3-4-14-16-12(8-18(14)5-10)7-17-6-11(2)13(9-17)15(19)20/h3-5,8,11,13H,6-7,9H2,1-2H3,(H,19,20). The van der Waals surface area contributed by atoms with Crippen molar-refractivity contribution in [2.45, 2.75) is 20.4 Å². The topological polar surface area (TPSA) is 57.8 Å². The van der Waals surface area contributed by atoms with Crippen molar-refractivity contribution in [3.63, 3.8) is 0 Å². The van der Waals surface area contributed by atoms with Crippen molar-refractivity contribution in [1.29, 1.82) is 0 Å². The second kappa shape index (κ2) is 4.90. The summed E-state index contributed by atoms with van der Waals surface area (Å²) in [6.45, 7) is 6.21. The molecule has 5 heteroatoms. The van der Waals surface area contributed by atoms with Crippen LogP contribution in [0.15, 0.2) is 24.5 Å². The van der Waals surface area contributed by atoms with E-state index in [0.29, 0.717) is 6.54 Å². The molecule has 2 aromatic heterocycles. The number of aromatic nitrogens is 2. The summed E-state index contributed by atoms with van der Waals surface area (Å²) in [7, 11) is 0. The van der Waals surface area contributed by atoms with Crippen LogP contribution in [0.4, 0.5) is 0 Å². The SMILES string of the molecule is Cc1ccc2nc(CN3CC(C)C(C(=O)O)C3)cn2c1. The fourth-order valence-corrected chi connectivity index (χ4v) is 2.98. The number of carboxylic acids is 1. The van der Waals surface area contributed by atoms with Gasteiger partial charge in [0, 0.05) is 32.0 Å². The van der Waals surface area contributed by atoms with Gasteiger partial charge in [0.15, 0.2) is 0 Å². The zero-order chi connectivity index (χ0) is 14.3. The Morgan fingerprint density at radius 3 is 2.90 bits per heavy atom. The maximum atomic E-state index is 11.1. The molecule has 3 heterocycles. The molecule has 0 bridgehead atoms. The lowest BCUT2D eigenvalue weighted by Gasteiger charge is -2.12. The van der Waals surface area contributed by atoms with Gasteiger partial charge in [-0.05, 0) is 24.5 Å². The molecule has 0 radical (unpaired) electrons. The Morgan fingerprint density at radius 2 is 2.20 bits per heavy atom. The Bertz CT molecular complexity index is 650. The number of rotatable bonds is 3. The van der Waals surface area contributed by atoms with Crippen molar-refractivity contribution in [2.24, 2.45) is 11.8 Å². The van der Waals surface area contributed by atoms with Crippen molar-refractivity contribution < 1.29 is 9.90 Å². The number of pyridine rings is 1. The Labute approximate surface area is 117 Å². The van der Waals surface area contributed by atoms with E-state index < -0.39 is 5.97 Å². The second-order valence-electron chi connectivity index (χ2n) is 5.82. The molecule has 0 aromatic carbocycles. The molecule has 0 spiro atoms. The minimum atomic E-state index is -0.689. The molecule has 106 valence electrons. The number of hydrogen-bond acceptors (Lipinski definition) is 3. The van der Waals surface area contributed by atoms with Crippen LogP contribution >= 0.6 is 0 Å². The van der Waals surface area contributed by atoms with Crippen LogP contribution in [0.1, 0.15) is 18.2 Å². The minimum Gasteiger partial charge on any atom is -0.481 e. The van der Waals surface area contributed by atoms with E-state index in [-0.39, 0.29) is 11.8 Å². The molecule has 5 nitrogen and oxygen atoms in total. The average Bonchev–Trinajstić information content (AvgIpc) is 2.92. The van der Waals surface area contributed by atoms with Crippen molar-refractivity contribution >= 4 is 11.6 Å². The van der Waals surface area contributed by atoms with Gasteiger partial charge in [-0.2, -0.15) is 0 Å². The smallest absolute Gasteiger partial charge is 0.308 e. The highest BCUT2D eigenvalue weighted by Crippen LogP contribution is 2.24. The van der Waals surface area contributed by atoms with Crippen LogP contribution in [0.25, 0.3) is 5.65 Å². The summed E-state index contributed by atoms with van der Waals surface area (Å²) in [6, 6.07) is 4.05. The number of carbonyl (C=O) groups is 1. The molecule has 1 saturated heterocycles. The summed E-state index contributed by atoms with van der Waals surface area (Å²) in [4.78, 5) is 17.9. The molecule has 2 atom stereocenters. The molecule has 1 aliphatic heterocycles. The number of likely N-dealkylation sites (tertiary alicyclic amines) is 1. The van der Waals surface area contributed by atoms with E-state index in [1.807, 2.05) is 29.7 Å². The van der Waals surface area contributed by atoms with Gasteiger partial charge in [-0.1, -0.05) is 13.0 Å². The third kappa shape index (κ3) is 2.41. The van der Waals surface area contributed by atoms with Crippen molar-refractivity contribution in [3.8, 4) is 0 Å². The first-order chi connectivity index (χ1) is 9.52. The fraction of sp³-hybridized carbons (Fsp3) is 0.467. The zero-order valence-corrected chi connectivity index (χ0v) is 11.8. The van der Waals surface area contributed by atoms with Crippen LogP contribution in [0.2, 0.25) is 0 Å². The summed E-state index contributed by atoms with van der Waals surface area (Å²) >= 11 is 0. The first-order valence-corrected chi connectivity index (χ1v) is 6.92. The molecule has 3 rings (SSSR count). The molecule has 2 unspecified atom stereocenters. The van der Waals surface area contributed by atoms with Crippen LogP contribution in [0.5, 0.6) is 0 Å². The Morgan fingerprint density at radius 1 is 1.40 bits per heavy atom. The van der Waals surface area contributed by atoms with Gasteiger partial charge in [-0.3, -0.25) is 9.69 Å². The number of imidazole rings is 1. The molecule has 2 aromatic rings. The molecule has 1 fully saturated rings. The number of nitrogens with zero attached hydrogens (tertiary/aromatic N) is 3. The van der Waals surface area contributed by atoms with E-state index in [0.717, 1.165) is 24.4 Å². The lowest BCUT2D eigenvalue weighted by atomic mass is 9.99. The van der Waals surface area contributed by atoms with E-state index in [1.54, 1.807) is 0 Å². The molecule has 0 aliphatic carbocycles. The summed E-state index contributed by atoms with van der Waals surface area (Å²) < 4.78 is 2.03. The van der Waals surface area contributed by atoms with E-state index in [9.17, 15) is 4.79 Å². The average molecular weight is 273 g/mol. The Hall–Kier alpha value is -1.88. The van der Waals surface area contributed by atoms with Crippen molar-refractivity contribution in [3.05, 3.63) is 35.8 Å². The van der Waals surface area contributed by atoms with Gasteiger partial charge in [-0.15, -0.1) is 0 Å². The highest BCUT2D eigenvalue weighted by Gasteiger charge is 2.34. The lowest BCUT2D eigenvalue weighted by molar-refractivity contribution is -0.142. The summed E-state index contributed by atoms with van der Waals surface area (Å²) in [6.07, 6.45) is 4.08. The normalized spacial score (nSPS) is 23.5. The number of carboxylic acid groups (broad SMARTS) is 1. The number of fused-ring (bicyclic) bond motifs is 1. The molecular weight excluding hydrogens is 254 g/mol. The first kappa shape index (κ1) is 13.1. The van der Waals surface area contributed by atoms with Crippen molar-refractivity contribution in [1.82, 2.24) is 14.3 Å². The van der Waals surface area contributed by atoms with Crippen LogP contribution in [-0.2, 0) is 11.3 Å². The molecule has 0 saturated carbocycles.